The maximum atomic E-state index is 12.4. The molecule has 1 aliphatic heterocycles. The molecule has 2 rings (SSSR count). The van der Waals surface area contributed by atoms with Gasteiger partial charge in [0.2, 0.25) is 11.8 Å². The van der Waals surface area contributed by atoms with Gasteiger partial charge >= 0.3 is 11.9 Å². The Kier molecular flexibility index (Phi) is 7.29. The van der Waals surface area contributed by atoms with E-state index < -0.39 is 54.2 Å². The Morgan fingerprint density at radius 1 is 1.10 bits per heavy atom. The first kappa shape index (κ1) is 21.9. The fourth-order valence-corrected chi connectivity index (χ4v) is 3.11. The maximum absolute atomic E-state index is 12.4. The maximum Gasteiger partial charge on any atom is 0.326 e. The molecule has 1 heterocycles. The summed E-state index contributed by atoms with van der Waals surface area (Å²) in [6, 6.07) is 4.51. The van der Waals surface area contributed by atoms with Gasteiger partial charge < -0.3 is 25.7 Å². The highest BCUT2D eigenvalue weighted by molar-refractivity contribution is 5.98. The number of carboxylic acid groups (broad SMARTS) is 2. The number of hydrogen-bond acceptors (Lipinski definition) is 5. The SMILES string of the molecule is C[C@H](NC(=O)C[C@H](NC(=O)c1ccccc1)C(=O)O)C(=O)N1CCC[C@H]1C(=O)O. The highest BCUT2D eigenvalue weighted by atomic mass is 16.4. The van der Waals surface area contributed by atoms with E-state index in [0.717, 1.165) is 0 Å². The molecule has 0 radical (unpaired) electrons. The Morgan fingerprint density at radius 3 is 2.34 bits per heavy atom. The lowest BCUT2D eigenvalue weighted by atomic mass is 10.1. The van der Waals surface area contributed by atoms with Gasteiger partial charge in [0.15, 0.2) is 0 Å². The Hall–Kier alpha value is -3.43. The van der Waals surface area contributed by atoms with Crippen molar-refractivity contribution in [1.29, 1.82) is 0 Å². The van der Waals surface area contributed by atoms with Crippen molar-refractivity contribution in [2.75, 3.05) is 6.54 Å². The van der Waals surface area contributed by atoms with Gasteiger partial charge in [-0.2, -0.15) is 0 Å². The number of rotatable bonds is 8. The van der Waals surface area contributed by atoms with Crippen LogP contribution in [0.5, 0.6) is 0 Å². The fourth-order valence-electron chi connectivity index (χ4n) is 3.11. The van der Waals surface area contributed by atoms with Crippen molar-refractivity contribution in [2.24, 2.45) is 0 Å². The average Bonchev–Trinajstić information content (AvgIpc) is 3.17. The van der Waals surface area contributed by atoms with Crippen molar-refractivity contribution in [3.63, 3.8) is 0 Å². The smallest absolute Gasteiger partial charge is 0.326 e. The van der Waals surface area contributed by atoms with Crippen LogP contribution in [0.3, 0.4) is 0 Å². The Labute approximate surface area is 166 Å². The minimum atomic E-state index is -1.48. The third-order valence-corrected chi connectivity index (χ3v) is 4.60. The molecule has 29 heavy (non-hydrogen) atoms. The van der Waals surface area contributed by atoms with Crippen LogP contribution in [0.25, 0.3) is 0 Å². The number of hydrogen-bond donors (Lipinski definition) is 4. The van der Waals surface area contributed by atoms with E-state index in [4.69, 9.17) is 5.11 Å². The predicted molar refractivity (Wildman–Crippen MR) is 99.9 cm³/mol. The van der Waals surface area contributed by atoms with Crippen LogP contribution in [0.15, 0.2) is 30.3 Å². The van der Waals surface area contributed by atoms with Gasteiger partial charge in [-0.05, 0) is 31.9 Å². The summed E-state index contributed by atoms with van der Waals surface area (Å²) in [7, 11) is 0. The van der Waals surface area contributed by atoms with E-state index in [1.165, 1.54) is 24.0 Å². The van der Waals surface area contributed by atoms with E-state index in [1.54, 1.807) is 18.2 Å². The molecule has 0 bridgehead atoms. The number of carboxylic acids is 2. The monoisotopic (exact) mass is 405 g/mol. The van der Waals surface area contributed by atoms with Crippen LogP contribution in [0, 0.1) is 0 Å². The fraction of sp³-hybridized carbons (Fsp3) is 0.421. The number of carbonyl (C=O) groups is 5. The molecule has 0 saturated carbocycles. The molecule has 156 valence electrons. The first-order valence-electron chi connectivity index (χ1n) is 9.12. The minimum absolute atomic E-state index is 0.247. The van der Waals surface area contributed by atoms with E-state index in [0.29, 0.717) is 12.8 Å². The third kappa shape index (κ3) is 5.77. The molecule has 1 aliphatic rings. The minimum Gasteiger partial charge on any atom is -0.480 e. The van der Waals surface area contributed by atoms with Crippen molar-refractivity contribution >= 4 is 29.7 Å². The van der Waals surface area contributed by atoms with Crippen LogP contribution in [-0.4, -0.2) is 69.4 Å². The number of amides is 3. The number of likely N-dealkylation sites (tertiary alicyclic amines) is 1. The second kappa shape index (κ2) is 9.67. The van der Waals surface area contributed by atoms with Gasteiger partial charge in [0.05, 0.1) is 6.42 Å². The number of nitrogens with zero attached hydrogens (tertiary/aromatic N) is 1. The topological polar surface area (TPSA) is 153 Å². The van der Waals surface area contributed by atoms with Crippen molar-refractivity contribution < 1.29 is 34.2 Å². The standard InChI is InChI=1S/C19H23N3O7/c1-11(17(25)22-9-5-8-14(22)19(28)29)20-15(23)10-13(18(26)27)21-16(24)12-6-3-2-4-7-12/h2-4,6-7,11,13-14H,5,8-10H2,1H3,(H,20,23)(H,21,24)(H,26,27)(H,28,29)/t11-,13-,14-/m0/s1. The lowest BCUT2D eigenvalue weighted by molar-refractivity contribution is -0.149. The molecule has 10 nitrogen and oxygen atoms in total. The van der Waals surface area contributed by atoms with E-state index in [1.807, 2.05) is 0 Å². The number of aliphatic carboxylic acids is 2. The average molecular weight is 405 g/mol. The quantitative estimate of drug-likeness (QED) is 0.469. The van der Waals surface area contributed by atoms with Gasteiger partial charge in [-0.3, -0.25) is 14.4 Å². The molecule has 1 saturated heterocycles. The number of nitrogens with one attached hydrogen (secondary N) is 2. The van der Waals surface area contributed by atoms with Crippen LogP contribution in [0.4, 0.5) is 0 Å². The summed E-state index contributed by atoms with van der Waals surface area (Å²) in [6.45, 7) is 1.68. The van der Waals surface area contributed by atoms with Crippen molar-refractivity contribution in [2.45, 2.75) is 44.3 Å². The first-order chi connectivity index (χ1) is 13.7. The largest absolute Gasteiger partial charge is 0.480 e. The molecule has 10 heteroatoms. The molecule has 4 N–H and O–H groups in total. The molecule has 0 aromatic heterocycles. The van der Waals surface area contributed by atoms with Crippen LogP contribution < -0.4 is 10.6 Å². The normalized spacial score (nSPS) is 17.8. The number of benzene rings is 1. The molecular weight excluding hydrogens is 382 g/mol. The van der Waals surface area contributed by atoms with Gasteiger partial charge in [0, 0.05) is 12.1 Å². The van der Waals surface area contributed by atoms with E-state index in [2.05, 4.69) is 10.6 Å². The third-order valence-electron chi connectivity index (χ3n) is 4.60. The lowest BCUT2D eigenvalue weighted by Crippen LogP contribution is -2.51. The van der Waals surface area contributed by atoms with Crippen LogP contribution >= 0.6 is 0 Å². The molecule has 3 atom stereocenters. The molecule has 0 unspecified atom stereocenters. The van der Waals surface area contributed by atoms with Gasteiger partial charge in [-0.1, -0.05) is 18.2 Å². The molecule has 1 aromatic carbocycles. The number of carbonyl (C=O) groups excluding carboxylic acids is 3. The Bertz CT molecular complexity index is 796. The van der Waals surface area contributed by atoms with Gasteiger partial charge in [-0.25, -0.2) is 9.59 Å². The summed E-state index contributed by atoms with van der Waals surface area (Å²) < 4.78 is 0. The van der Waals surface area contributed by atoms with Crippen molar-refractivity contribution in [3.8, 4) is 0 Å². The van der Waals surface area contributed by atoms with Gasteiger partial charge in [0.1, 0.15) is 18.1 Å². The zero-order valence-electron chi connectivity index (χ0n) is 15.8. The summed E-state index contributed by atoms with van der Waals surface area (Å²) >= 11 is 0. The molecular formula is C19H23N3O7. The lowest BCUT2D eigenvalue weighted by Gasteiger charge is -2.25. The molecule has 1 fully saturated rings. The highest BCUT2D eigenvalue weighted by Crippen LogP contribution is 2.18. The van der Waals surface area contributed by atoms with E-state index in [9.17, 15) is 29.1 Å². The van der Waals surface area contributed by atoms with Crippen LogP contribution in [-0.2, 0) is 19.2 Å². The summed E-state index contributed by atoms with van der Waals surface area (Å²) in [4.78, 5) is 60.6. The molecule has 0 spiro atoms. The van der Waals surface area contributed by atoms with Crippen molar-refractivity contribution in [1.82, 2.24) is 15.5 Å². The summed E-state index contributed by atoms with van der Waals surface area (Å²) in [5.41, 5.74) is 0.247. The van der Waals surface area contributed by atoms with E-state index >= 15 is 0 Å². The van der Waals surface area contributed by atoms with Crippen LogP contribution in [0.1, 0.15) is 36.5 Å². The Morgan fingerprint density at radius 2 is 1.76 bits per heavy atom. The first-order valence-corrected chi connectivity index (χ1v) is 9.12. The highest BCUT2D eigenvalue weighted by Gasteiger charge is 2.36. The van der Waals surface area contributed by atoms with E-state index in [-0.39, 0.29) is 12.1 Å². The molecule has 1 aromatic rings. The van der Waals surface area contributed by atoms with Crippen LogP contribution in [0.2, 0.25) is 0 Å². The summed E-state index contributed by atoms with van der Waals surface area (Å²) in [5.74, 6) is -4.45. The zero-order chi connectivity index (χ0) is 21.6. The Balaban J connectivity index is 1.94. The predicted octanol–water partition coefficient (Wildman–Crippen LogP) is -0.160. The molecule has 3 amide bonds. The summed E-state index contributed by atoms with van der Waals surface area (Å²) in [6.07, 6.45) is 0.318. The zero-order valence-corrected chi connectivity index (χ0v) is 15.8. The second-order valence-corrected chi connectivity index (χ2v) is 6.75. The second-order valence-electron chi connectivity index (χ2n) is 6.75. The van der Waals surface area contributed by atoms with Gasteiger partial charge in [0.25, 0.3) is 5.91 Å². The van der Waals surface area contributed by atoms with Gasteiger partial charge in [-0.15, -0.1) is 0 Å². The summed E-state index contributed by atoms with van der Waals surface area (Å²) in [5, 5.41) is 23.1. The molecule has 0 aliphatic carbocycles. The van der Waals surface area contributed by atoms with Crippen molar-refractivity contribution in [3.05, 3.63) is 35.9 Å².